The van der Waals surface area contributed by atoms with Gasteiger partial charge in [0.25, 0.3) is 5.91 Å². The normalized spacial score (nSPS) is 22.4. The second kappa shape index (κ2) is 8.93. The molecule has 1 amide bonds. The van der Waals surface area contributed by atoms with Crippen LogP contribution in [0.1, 0.15) is 43.7 Å². The van der Waals surface area contributed by atoms with Crippen LogP contribution in [0.3, 0.4) is 0 Å². The van der Waals surface area contributed by atoms with Crippen LogP contribution >= 0.6 is 0 Å². The van der Waals surface area contributed by atoms with Gasteiger partial charge in [-0.15, -0.1) is 0 Å². The number of carbonyl (C=O) groups is 1. The van der Waals surface area contributed by atoms with Crippen molar-refractivity contribution in [2.75, 3.05) is 39.3 Å². The lowest BCUT2D eigenvalue weighted by Crippen LogP contribution is -3.15. The standard InChI is InChI=1S/C21H33N3O3S/c1-4-19-7-5-6-10-24(19)21(25)16-22-11-13-23(14-12-22)28(26,27)20-9-8-17(2)15-18(20)3/h8-9,15,19H,4-7,10-14,16H2,1-3H3/p+1/t19-/m0/s1. The summed E-state index contributed by atoms with van der Waals surface area (Å²) < 4.78 is 27.6. The molecule has 1 aromatic rings. The first-order valence-electron chi connectivity index (χ1n) is 10.5. The SMILES string of the molecule is CC[C@H]1CCCCN1C(=O)C[NH+]1CCN(S(=O)(=O)c2ccc(C)cc2C)CC1. The number of benzene rings is 1. The molecule has 28 heavy (non-hydrogen) atoms. The number of sulfonamides is 1. The van der Waals surface area contributed by atoms with E-state index in [1.54, 1.807) is 10.4 Å². The number of carbonyl (C=O) groups excluding carboxylic acids is 1. The van der Waals surface area contributed by atoms with Crippen molar-refractivity contribution in [2.24, 2.45) is 0 Å². The molecule has 1 aromatic carbocycles. The molecule has 1 atom stereocenters. The summed E-state index contributed by atoms with van der Waals surface area (Å²) in [5.74, 6) is 0.229. The van der Waals surface area contributed by atoms with E-state index < -0.39 is 10.0 Å². The van der Waals surface area contributed by atoms with Crippen LogP contribution in [0, 0.1) is 13.8 Å². The maximum atomic E-state index is 13.0. The number of amides is 1. The summed E-state index contributed by atoms with van der Waals surface area (Å²) in [7, 11) is -3.47. The van der Waals surface area contributed by atoms with E-state index in [9.17, 15) is 13.2 Å². The van der Waals surface area contributed by atoms with Crippen molar-refractivity contribution < 1.29 is 18.1 Å². The highest BCUT2D eigenvalue weighted by atomic mass is 32.2. The summed E-state index contributed by atoms with van der Waals surface area (Å²) in [6, 6.07) is 5.86. The summed E-state index contributed by atoms with van der Waals surface area (Å²) in [6.45, 7) is 9.62. The third-order valence-corrected chi connectivity index (χ3v) is 8.26. The molecule has 2 aliphatic rings. The Balaban J connectivity index is 1.59. The van der Waals surface area contributed by atoms with Gasteiger partial charge in [0.15, 0.2) is 6.54 Å². The average Bonchev–Trinajstić information content (AvgIpc) is 2.68. The Morgan fingerprint density at radius 1 is 1.14 bits per heavy atom. The van der Waals surface area contributed by atoms with Gasteiger partial charge in [-0.3, -0.25) is 4.79 Å². The lowest BCUT2D eigenvalue weighted by Gasteiger charge is -2.37. The molecule has 6 nitrogen and oxygen atoms in total. The number of piperidine rings is 1. The molecule has 0 saturated carbocycles. The van der Waals surface area contributed by atoms with Crippen LogP contribution in [-0.4, -0.2) is 68.8 Å². The minimum absolute atomic E-state index is 0.229. The third kappa shape index (κ3) is 4.58. The van der Waals surface area contributed by atoms with Gasteiger partial charge >= 0.3 is 0 Å². The van der Waals surface area contributed by atoms with Crippen LogP contribution in [0.2, 0.25) is 0 Å². The largest absolute Gasteiger partial charge is 0.335 e. The third-order valence-electron chi connectivity index (χ3n) is 6.20. The summed E-state index contributed by atoms with van der Waals surface area (Å²) in [5.41, 5.74) is 1.85. The molecule has 3 rings (SSSR count). The fourth-order valence-electron chi connectivity index (χ4n) is 4.52. The smallest absolute Gasteiger partial charge is 0.278 e. The van der Waals surface area contributed by atoms with Crippen molar-refractivity contribution >= 4 is 15.9 Å². The molecule has 0 aromatic heterocycles. The highest BCUT2D eigenvalue weighted by Gasteiger charge is 2.34. The molecule has 1 N–H and O–H groups in total. The maximum Gasteiger partial charge on any atom is 0.278 e. The van der Waals surface area contributed by atoms with Gasteiger partial charge in [-0.25, -0.2) is 8.42 Å². The zero-order valence-corrected chi connectivity index (χ0v) is 18.2. The van der Waals surface area contributed by atoms with Crippen LogP contribution in [0.25, 0.3) is 0 Å². The number of nitrogens with zero attached hydrogens (tertiary/aromatic N) is 2. The fraction of sp³-hybridized carbons (Fsp3) is 0.667. The first-order valence-corrected chi connectivity index (χ1v) is 12.0. The van der Waals surface area contributed by atoms with E-state index in [1.807, 2.05) is 26.0 Å². The van der Waals surface area contributed by atoms with Gasteiger partial charge in [-0.1, -0.05) is 24.6 Å². The van der Waals surface area contributed by atoms with Gasteiger partial charge in [-0.2, -0.15) is 4.31 Å². The number of hydrogen-bond donors (Lipinski definition) is 1. The van der Waals surface area contributed by atoms with Gasteiger partial charge < -0.3 is 9.80 Å². The second-order valence-corrected chi connectivity index (χ2v) is 10.2. The Bertz CT molecular complexity index is 801. The first-order chi connectivity index (χ1) is 13.3. The van der Waals surface area contributed by atoms with Crippen LogP contribution in [0.15, 0.2) is 23.1 Å². The summed E-state index contributed by atoms with van der Waals surface area (Å²) >= 11 is 0. The second-order valence-electron chi connectivity index (χ2n) is 8.24. The van der Waals surface area contributed by atoms with Gasteiger partial charge in [0.2, 0.25) is 10.0 Å². The molecule has 2 aliphatic heterocycles. The molecule has 156 valence electrons. The zero-order valence-electron chi connectivity index (χ0n) is 17.4. The summed E-state index contributed by atoms with van der Waals surface area (Å²) in [6.07, 6.45) is 4.44. The predicted molar refractivity (Wildman–Crippen MR) is 110 cm³/mol. The first kappa shape index (κ1) is 21.3. The summed E-state index contributed by atoms with van der Waals surface area (Å²) in [4.78, 5) is 16.4. The summed E-state index contributed by atoms with van der Waals surface area (Å²) in [5, 5.41) is 0. The Morgan fingerprint density at radius 2 is 1.86 bits per heavy atom. The molecule has 0 spiro atoms. The van der Waals surface area contributed by atoms with Crippen LogP contribution in [-0.2, 0) is 14.8 Å². The predicted octanol–water partition coefficient (Wildman–Crippen LogP) is 0.984. The number of quaternary nitrogens is 1. The van der Waals surface area contributed by atoms with Crippen molar-refractivity contribution in [2.45, 2.75) is 57.4 Å². The van der Waals surface area contributed by atoms with E-state index in [0.717, 1.165) is 36.9 Å². The van der Waals surface area contributed by atoms with E-state index in [2.05, 4.69) is 11.8 Å². The number of rotatable bonds is 5. The van der Waals surface area contributed by atoms with E-state index in [-0.39, 0.29) is 5.91 Å². The molecule has 0 radical (unpaired) electrons. The minimum atomic E-state index is -3.47. The molecular formula is C21H34N3O3S+. The molecule has 2 saturated heterocycles. The van der Waals surface area contributed by atoms with Gasteiger partial charge in [-0.05, 0) is 51.2 Å². The molecular weight excluding hydrogens is 374 g/mol. The quantitative estimate of drug-likeness (QED) is 0.790. The molecule has 7 heteroatoms. The number of likely N-dealkylation sites (tertiary alicyclic amines) is 1. The van der Waals surface area contributed by atoms with Crippen molar-refractivity contribution in [3.05, 3.63) is 29.3 Å². The highest BCUT2D eigenvalue weighted by Crippen LogP contribution is 2.21. The lowest BCUT2D eigenvalue weighted by molar-refractivity contribution is -0.896. The lowest BCUT2D eigenvalue weighted by atomic mass is 10.00. The van der Waals surface area contributed by atoms with Crippen LogP contribution in [0.5, 0.6) is 0 Å². The number of piperazine rings is 1. The topological polar surface area (TPSA) is 62.1 Å². The molecule has 0 unspecified atom stereocenters. The number of nitrogens with one attached hydrogen (secondary N) is 1. The van der Waals surface area contributed by atoms with E-state index in [4.69, 9.17) is 0 Å². The fourth-order valence-corrected chi connectivity index (χ4v) is 6.16. The van der Waals surface area contributed by atoms with Crippen molar-refractivity contribution in [3.63, 3.8) is 0 Å². The van der Waals surface area contributed by atoms with Gasteiger partial charge in [0.1, 0.15) is 0 Å². The molecule has 2 heterocycles. The zero-order chi connectivity index (χ0) is 20.3. The van der Waals surface area contributed by atoms with Crippen molar-refractivity contribution in [1.29, 1.82) is 0 Å². The van der Waals surface area contributed by atoms with Gasteiger partial charge in [0.05, 0.1) is 31.1 Å². The van der Waals surface area contributed by atoms with E-state index in [1.165, 1.54) is 11.3 Å². The number of aryl methyl sites for hydroxylation is 2. The van der Waals surface area contributed by atoms with E-state index in [0.29, 0.717) is 43.7 Å². The molecule has 2 fully saturated rings. The maximum absolute atomic E-state index is 13.0. The number of hydrogen-bond acceptors (Lipinski definition) is 3. The van der Waals surface area contributed by atoms with Crippen molar-refractivity contribution in [3.8, 4) is 0 Å². The van der Waals surface area contributed by atoms with E-state index >= 15 is 0 Å². The molecule has 0 bridgehead atoms. The van der Waals surface area contributed by atoms with Crippen LogP contribution in [0.4, 0.5) is 0 Å². The Morgan fingerprint density at radius 3 is 2.50 bits per heavy atom. The Hall–Kier alpha value is -1.44. The average molecular weight is 409 g/mol. The van der Waals surface area contributed by atoms with Crippen LogP contribution < -0.4 is 4.90 Å². The molecule has 0 aliphatic carbocycles. The van der Waals surface area contributed by atoms with Gasteiger partial charge in [0, 0.05) is 12.6 Å². The highest BCUT2D eigenvalue weighted by molar-refractivity contribution is 7.89. The van der Waals surface area contributed by atoms with Crippen molar-refractivity contribution in [1.82, 2.24) is 9.21 Å². The minimum Gasteiger partial charge on any atom is -0.335 e. The Labute approximate surface area is 169 Å². The monoisotopic (exact) mass is 408 g/mol. The Kier molecular flexibility index (Phi) is 6.78.